The molecule has 0 unspecified atom stereocenters. The Kier molecular flexibility index (Phi) is 11.6. The van der Waals surface area contributed by atoms with Crippen molar-refractivity contribution in [1.29, 1.82) is 0 Å². The summed E-state index contributed by atoms with van der Waals surface area (Å²) in [4.78, 5) is 14.6. The first-order valence-corrected chi connectivity index (χ1v) is 23.4. The molecule has 3 radical (unpaired) electrons. The lowest BCUT2D eigenvalue weighted by Crippen LogP contribution is -2.05. The van der Waals surface area contributed by atoms with Crippen molar-refractivity contribution in [1.82, 2.24) is 15.0 Å². The zero-order valence-electron chi connectivity index (χ0n) is 38.9. The van der Waals surface area contributed by atoms with Crippen LogP contribution in [0.2, 0.25) is 0 Å². The van der Waals surface area contributed by atoms with Crippen molar-refractivity contribution < 1.29 is 28.4 Å². The SMILES string of the molecule is C1=C(c2ccc(-c3ccccc3-c3cc(-c4ccccc4-c4ccc(C5=COc6ccccc6O5)nc4)cc(-c4ccccc4-c4ccc(C5=COc6ccccc6O5)nc4)c3)cn2)Oc2ccccc2O1.[B]. The maximum Gasteiger partial charge on any atom is 0.188 e. The van der Waals surface area contributed by atoms with Crippen molar-refractivity contribution in [3.8, 4) is 101 Å². The van der Waals surface area contributed by atoms with Gasteiger partial charge in [-0.15, -0.1) is 0 Å². The van der Waals surface area contributed by atoms with E-state index in [2.05, 4.69) is 109 Å². The molecule has 13 rings (SSSR count). The number of aromatic nitrogens is 3. The number of hydrogen-bond donors (Lipinski definition) is 0. The molecule has 0 spiro atoms. The topological polar surface area (TPSA) is 94.1 Å². The molecule has 73 heavy (non-hydrogen) atoms. The molecule has 345 valence electrons. The Labute approximate surface area is 423 Å². The summed E-state index contributed by atoms with van der Waals surface area (Å²) in [6, 6.07) is 67.0. The Balaban J connectivity index is 0.00000543. The maximum atomic E-state index is 6.18. The summed E-state index contributed by atoms with van der Waals surface area (Å²) >= 11 is 0. The second kappa shape index (κ2) is 19.1. The average molecular weight is 945 g/mol. The molecular weight excluding hydrogens is 906 g/mol. The second-order valence-electron chi connectivity index (χ2n) is 17.2. The van der Waals surface area contributed by atoms with E-state index in [0.29, 0.717) is 68.9 Å². The smallest absolute Gasteiger partial charge is 0.188 e. The molecule has 0 bridgehead atoms. The number of rotatable bonds is 9. The van der Waals surface area contributed by atoms with Gasteiger partial charge in [0.1, 0.15) is 35.9 Å². The summed E-state index contributed by atoms with van der Waals surface area (Å²) in [5.41, 5.74) is 14.1. The van der Waals surface area contributed by atoms with Gasteiger partial charge in [0, 0.05) is 43.7 Å². The van der Waals surface area contributed by atoms with Gasteiger partial charge in [-0.05, 0) is 123 Å². The molecular formula is C63H39BN3O6. The standard InChI is InChI=1S/C63H39N3O6.B/c1-4-16-49(46(13-1)40-25-28-52(64-34-40)61-37-67-55-19-7-10-22-58(55)70-61)43-31-44(50-17-5-2-14-47(50)41-26-29-53(65-35-41)62-38-68-56-20-8-11-23-59(56)71-62)33-45(32-43)51-18-6-3-15-48(51)42-27-30-54(66-36-42)63-39-69-57-21-9-12-24-60(57)72-63;/h1-39H;. The predicted molar refractivity (Wildman–Crippen MR) is 285 cm³/mol. The zero-order valence-corrected chi connectivity index (χ0v) is 38.9. The van der Waals surface area contributed by atoms with Crippen molar-refractivity contribution in [2.24, 2.45) is 0 Å². The number of nitrogens with zero attached hydrogens (tertiary/aromatic N) is 3. The monoisotopic (exact) mass is 944 g/mol. The molecule has 9 nitrogen and oxygen atoms in total. The molecule has 0 saturated carbocycles. The number of benzene rings is 7. The number of fused-ring (bicyclic) bond motifs is 3. The molecule has 10 heteroatoms. The summed E-state index contributed by atoms with van der Waals surface area (Å²) in [6.07, 6.45) is 10.5. The minimum Gasteiger partial charge on any atom is -0.457 e. The Bertz CT molecular complexity index is 3410. The van der Waals surface area contributed by atoms with Crippen molar-refractivity contribution in [2.45, 2.75) is 0 Å². The summed E-state index contributed by atoms with van der Waals surface area (Å²) < 4.78 is 36.2. The third-order valence-corrected chi connectivity index (χ3v) is 12.7. The Morgan fingerprint density at radius 3 is 0.753 bits per heavy atom. The van der Waals surface area contributed by atoms with Crippen LogP contribution < -0.4 is 28.4 Å². The molecule has 0 amide bonds. The molecule has 3 aromatic heterocycles. The number of pyridine rings is 3. The summed E-state index contributed by atoms with van der Waals surface area (Å²) in [6.45, 7) is 0. The normalized spacial score (nSPS) is 12.9. The number of ether oxygens (including phenoxy) is 6. The number of para-hydroxylation sites is 6. The first kappa shape index (κ1) is 44.3. The second-order valence-corrected chi connectivity index (χ2v) is 17.2. The van der Waals surface area contributed by atoms with E-state index in [1.165, 1.54) is 0 Å². The van der Waals surface area contributed by atoms with Crippen LogP contribution in [0.3, 0.4) is 0 Å². The van der Waals surface area contributed by atoms with Gasteiger partial charge in [0.15, 0.2) is 51.8 Å². The molecule has 3 aliphatic rings. The van der Waals surface area contributed by atoms with Gasteiger partial charge in [-0.3, -0.25) is 15.0 Å². The Hall–Kier alpha value is -9.93. The van der Waals surface area contributed by atoms with Gasteiger partial charge >= 0.3 is 0 Å². The highest BCUT2D eigenvalue weighted by Crippen LogP contribution is 2.44. The first-order chi connectivity index (χ1) is 35.6. The van der Waals surface area contributed by atoms with Crippen LogP contribution in [0.15, 0.2) is 238 Å². The Morgan fingerprint density at radius 2 is 0.493 bits per heavy atom. The largest absolute Gasteiger partial charge is 0.457 e. The summed E-state index contributed by atoms with van der Waals surface area (Å²) in [5, 5.41) is 0. The lowest BCUT2D eigenvalue weighted by molar-refractivity contribution is 0.382. The molecule has 7 aromatic carbocycles. The molecule has 0 atom stereocenters. The van der Waals surface area contributed by atoms with E-state index in [9.17, 15) is 0 Å². The van der Waals surface area contributed by atoms with E-state index in [1.807, 2.05) is 110 Å². The van der Waals surface area contributed by atoms with E-state index >= 15 is 0 Å². The molecule has 3 aliphatic heterocycles. The van der Waals surface area contributed by atoms with E-state index in [1.54, 1.807) is 18.8 Å². The van der Waals surface area contributed by atoms with Gasteiger partial charge in [0.2, 0.25) is 0 Å². The van der Waals surface area contributed by atoms with Crippen molar-refractivity contribution in [2.75, 3.05) is 0 Å². The van der Waals surface area contributed by atoms with Crippen LogP contribution in [0, 0.1) is 0 Å². The van der Waals surface area contributed by atoms with Gasteiger partial charge in [-0.1, -0.05) is 127 Å². The summed E-state index contributed by atoms with van der Waals surface area (Å²) in [7, 11) is 0. The third kappa shape index (κ3) is 8.63. The minimum absolute atomic E-state index is 0. The van der Waals surface area contributed by atoms with Gasteiger partial charge in [-0.25, -0.2) is 0 Å². The van der Waals surface area contributed by atoms with Crippen LogP contribution in [-0.2, 0) is 0 Å². The van der Waals surface area contributed by atoms with Gasteiger partial charge in [-0.2, -0.15) is 0 Å². The zero-order chi connectivity index (χ0) is 47.8. The molecule has 10 aromatic rings. The molecule has 0 saturated heterocycles. The fraction of sp³-hybridized carbons (Fsp3) is 0. The molecule has 0 fully saturated rings. The number of hydrogen-bond acceptors (Lipinski definition) is 9. The van der Waals surface area contributed by atoms with Crippen LogP contribution in [-0.4, -0.2) is 23.4 Å². The lowest BCUT2D eigenvalue weighted by Gasteiger charge is -2.19. The van der Waals surface area contributed by atoms with Crippen molar-refractivity contribution in [3.05, 3.63) is 255 Å². The average Bonchev–Trinajstić information content (AvgIpc) is 3.47. The maximum absolute atomic E-state index is 6.18. The molecule has 6 heterocycles. The highest BCUT2D eigenvalue weighted by atomic mass is 16.6. The van der Waals surface area contributed by atoms with Crippen LogP contribution >= 0.6 is 0 Å². The fourth-order valence-corrected chi connectivity index (χ4v) is 9.16. The van der Waals surface area contributed by atoms with Gasteiger partial charge in [0.05, 0.1) is 0 Å². The molecule has 0 aliphatic carbocycles. The Morgan fingerprint density at radius 1 is 0.247 bits per heavy atom. The van der Waals surface area contributed by atoms with Gasteiger partial charge in [0.25, 0.3) is 0 Å². The lowest BCUT2D eigenvalue weighted by atomic mass is 9.86. The van der Waals surface area contributed by atoms with E-state index in [-0.39, 0.29) is 8.41 Å². The van der Waals surface area contributed by atoms with Gasteiger partial charge < -0.3 is 28.4 Å². The van der Waals surface area contributed by atoms with Crippen LogP contribution in [0.4, 0.5) is 0 Å². The fourth-order valence-electron chi connectivity index (χ4n) is 9.16. The summed E-state index contributed by atoms with van der Waals surface area (Å²) in [5.74, 6) is 5.55. The first-order valence-electron chi connectivity index (χ1n) is 23.4. The van der Waals surface area contributed by atoms with E-state index in [0.717, 1.165) is 66.8 Å². The minimum atomic E-state index is 0. The van der Waals surface area contributed by atoms with E-state index < -0.39 is 0 Å². The predicted octanol–water partition coefficient (Wildman–Crippen LogP) is 14.8. The van der Waals surface area contributed by atoms with E-state index in [4.69, 9.17) is 43.4 Å². The molecule has 0 N–H and O–H groups in total. The highest BCUT2D eigenvalue weighted by molar-refractivity contribution is 5.94. The van der Waals surface area contributed by atoms with Crippen molar-refractivity contribution >= 4 is 25.7 Å². The third-order valence-electron chi connectivity index (χ3n) is 12.7. The highest BCUT2D eigenvalue weighted by Gasteiger charge is 2.22. The van der Waals surface area contributed by atoms with Crippen LogP contribution in [0.1, 0.15) is 17.1 Å². The quantitative estimate of drug-likeness (QED) is 0.131. The van der Waals surface area contributed by atoms with Crippen LogP contribution in [0.25, 0.3) is 84.0 Å². The van der Waals surface area contributed by atoms with Crippen molar-refractivity contribution in [3.63, 3.8) is 0 Å². The van der Waals surface area contributed by atoms with Crippen LogP contribution in [0.5, 0.6) is 34.5 Å².